The fourth-order valence-corrected chi connectivity index (χ4v) is 3.80. The minimum atomic E-state index is -1.14. The first-order chi connectivity index (χ1) is 14.0. The maximum Gasteiger partial charge on any atom is 0.339 e. The zero-order valence-corrected chi connectivity index (χ0v) is 15.7. The molecule has 0 bridgehead atoms. The molecule has 0 fully saturated rings. The number of hydrogen-bond donors (Lipinski definition) is 0. The minimum absolute atomic E-state index is 0.0730. The van der Waals surface area contributed by atoms with Gasteiger partial charge >= 0.3 is 5.97 Å². The Hall–Kier alpha value is -3.45. The minimum Gasteiger partial charge on any atom is -0.454 e. The summed E-state index contributed by atoms with van der Waals surface area (Å²) < 4.78 is 32.4. The molecule has 0 spiro atoms. The van der Waals surface area contributed by atoms with Gasteiger partial charge in [-0.1, -0.05) is 30.3 Å². The van der Waals surface area contributed by atoms with Gasteiger partial charge < -0.3 is 4.74 Å². The van der Waals surface area contributed by atoms with Crippen molar-refractivity contribution in [3.8, 4) is 10.6 Å². The van der Waals surface area contributed by atoms with Crippen LogP contribution in [0.2, 0.25) is 0 Å². The summed E-state index contributed by atoms with van der Waals surface area (Å²) in [6.07, 6.45) is 0. The Morgan fingerprint density at radius 1 is 0.931 bits per heavy atom. The average Bonchev–Trinajstić information content (AvgIpc) is 3.18. The Bertz CT molecular complexity index is 1200. The summed E-state index contributed by atoms with van der Waals surface area (Å²) in [7, 11) is 0. The normalized spacial score (nSPS) is 10.8. The second-order valence-corrected chi connectivity index (χ2v) is 7.19. The van der Waals surface area contributed by atoms with Crippen molar-refractivity contribution in [2.75, 3.05) is 6.61 Å². The second-order valence-electron chi connectivity index (χ2n) is 6.16. The van der Waals surface area contributed by atoms with E-state index >= 15 is 0 Å². The van der Waals surface area contributed by atoms with Gasteiger partial charge in [-0.3, -0.25) is 4.79 Å². The van der Waals surface area contributed by atoms with Gasteiger partial charge in [-0.25, -0.2) is 18.6 Å². The van der Waals surface area contributed by atoms with Gasteiger partial charge in [0, 0.05) is 11.1 Å². The molecule has 0 N–H and O–H groups in total. The van der Waals surface area contributed by atoms with Crippen molar-refractivity contribution in [1.82, 2.24) is 4.98 Å². The van der Waals surface area contributed by atoms with E-state index in [-0.39, 0.29) is 11.1 Å². The highest BCUT2D eigenvalue weighted by Gasteiger charge is 2.18. The van der Waals surface area contributed by atoms with Gasteiger partial charge in [0.05, 0.1) is 15.8 Å². The fourth-order valence-electron chi connectivity index (χ4n) is 2.80. The van der Waals surface area contributed by atoms with Gasteiger partial charge in [-0.05, 0) is 36.4 Å². The van der Waals surface area contributed by atoms with E-state index in [4.69, 9.17) is 4.74 Å². The molecule has 0 aliphatic heterocycles. The molecule has 1 aromatic heterocycles. The molecule has 0 atom stereocenters. The summed E-state index contributed by atoms with van der Waals surface area (Å²) in [4.78, 5) is 29.3. The summed E-state index contributed by atoms with van der Waals surface area (Å²) in [5.41, 5.74) is 1.61. The number of esters is 1. The molecule has 0 radical (unpaired) electrons. The number of ether oxygens (including phenoxy) is 1. The molecule has 7 heteroatoms. The van der Waals surface area contributed by atoms with E-state index in [9.17, 15) is 18.4 Å². The van der Waals surface area contributed by atoms with Crippen LogP contribution in [0.15, 0.2) is 66.7 Å². The highest BCUT2D eigenvalue weighted by molar-refractivity contribution is 7.21. The Balaban J connectivity index is 1.55. The Morgan fingerprint density at radius 2 is 1.69 bits per heavy atom. The van der Waals surface area contributed by atoms with Crippen molar-refractivity contribution in [2.45, 2.75) is 0 Å². The molecule has 144 valence electrons. The van der Waals surface area contributed by atoms with Crippen LogP contribution in [-0.2, 0) is 4.74 Å². The molecule has 0 saturated heterocycles. The van der Waals surface area contributed by atoms with Crippen LogP contribution in [0.1, 0.15) is 20.7 Å². The van der Waals surface area contributed by atoms with Crippen LogP contribution in [0.3, 0.4) is 0 Å². The average molecular weight is 409 g/mol. The summed E-state index contributed by atoms with van der Waals surface area (Å²) in [5, 5.41) is 0.658. The first kappa shape index (κ1) is 18.9. The maximum absolute atomic E-state index is 13.3. The molecule has 0 saturated carbocycles. The third-order valence-electron chi connectivity index (χ3n) is 4.25. The molecule has 29 heavy (non-hydrogen) atoms. The number of Topliss-reactive ketones (excluding diaryl/α,β-unsaturated/α-hetero) is 1. The number of carbonyl (C=O) groups excluding carboxylic acids is 2. The molecule has 0 aliphatic rings. The first-order valence-electron chi connectivity index (χ1n) is 8.63. The summed E-state index contributed by atoms with van der Waals surface area (Å²) >= 11 is 1.44. The molecule has 0 aliphatic carbocycles. The van der Waals surface area contributed by atoms with E-state index in [1.54, 1.807) is 24.3 Å². The van der Waals surface area contributed by atoms with E-state index < -0.39 is 30.0 Å². The van der Waals surface area contributed by atoms with E-state index in [1.807, 2.05) is 24.3 Å². The number of carbonyl (C=O) groups is 2. The van der Waals surface area contributed by atoms with Crippen LogP contribution < -0.4 is 0 Å². The zero-order chi connectivity index (χ0) is 20.4. The first-order valence-corrected chi connectivity index (χ1v) is 9.45. The molecular formula is C22H13F2NO3S. The number of thiazole rings is 1. The quantitative estimate of drug-likeness (QED) is 0.332. The van der Waals surface area contributed by atoms with Crippen LogP contribution in [0.25, 0.3) is 20.8 Å². The molecule has 0 amide bonds. The SMILES string of the molecule is O=C(COC(=O)c1ccccc1-c1nc2ccccc2s1)c1ccc(F)c(F)c1. The topological polar surface area (TPSA) is 56.3 Å². The molecule has 4 rings (SSSR count). The van der Waals surface area contributed by atoms with E-state index in [0.717, 1.165) is 28.4 Å². The van der Waals surface area contributed by atoms with Crippen LogP contribution in [0.5, 0.6) is 0 Å². The van der Waals surface area contributed by atoms with E-state index in [1.165, 1.54) is 11.3 Å². The van der Waals surface area contributed by atoms with Gasteiger partial charge in [-0.2, -0.15) is 0 Å². The van der Waals surface area contributed by atoms with E-state index in [2.05, 4.69) is 4.98 Å². The molecule has 0 unspecified atom stereocenters. The van der Waals surface area contributed by atoms with Gasteiger partial charge in [0.25, 0.3) is 0 Å². The number of rotatable bonds is 5. The standard InChI is InChI=1S/C22H13F2NO3S/c23-16-10-9-13(11-17(16)24)19(26)12-28-22(27)15-6-2-1-5-14(15)21-25-18-7-3-4-8-20(18)29-21/h1-11H,12H2. The summed E-state index contributed by atoms with van der Waals surface area (Å²) in [6, 6.07) is 17.2. The fraction of sp³-hybridized carbons (Fsp3) is 0.0455. The van der Waals surface area contributed by atoms with Crippen molar-refractivity contribution < 1.29 is 23.1 Å². The third kappa shape index (κ3) is 3.90. The van der Waals surface area contributed by atoms with Crippen LogP contribution in [0.4, 0.5) is 8.78 Å². The number of halogens is 2. The van der Waals surface area contributed by atoms with Crippen LogP contribution in [-0.4, -0.2) is 23.3 Å². The molecule has 4 aromatic rings. The van der Waals surface area contributed by atoms with Crippen LogP contribution in [0, 0.1) is 11.6 Å². The van der Waals surface area contributed by atoms with Crippen molar-refractivity contribution in [3.05, 3.63) is 89.5 Å². The number of aromatic nitrogens is 1. The molecule has 4 nitrogen and oxygen atoms in total. The number of para-hydroxylation sites is 1. The van der Waals surface area contributed by atoms with Crippen LogP contribution >= 0.6 is 11.3 Å². The Labute approximate surface area is 168 Å². The highest BCUT2D eigenvalue weighted by Crippen LogP contribution is 2.32. The molecular weight excluding hydrogens is 396 g/mol. The summed E-state index contributed by atoms with van der Waals surface area (Å²) in [6.45, 7) is -0.585. The van der Waals surface area contributed by atoms with Crippen molar-refractivity contribution in [3.63, 3.8) is 0 Å². The lowest BCUT2D eigenvalue weighted by Crippen LogP contribution is -2.15. The van der Waals surface area contributed by atoms with E-state index in [0.29, 0.717) is 10.6 Å². The van der Waals surface area contributed by atoms with Crippen molar-refractivity contribution >= 4 is 33.3 Å². The lowest BCUT2D eigenvalue weighted by molar-refractivity contribution is 0.0475. The van der Waals surface area contributed by atoms with Gasteiger partial charge in [0.2, 0.25) is 0 Å². The number of hydrogen-bond acceptors (Lipinski definition) is 5. The van der Waals surface area contributed by atoms with Gasteiger partial charge in [0.15, 0.2) is 24.0 Å². The number of fused-ring (bicyclic) bond motifs is 1. The van der Waals surface area contributed by atoms with Crippen molar-refractivity contribution in [2.24, 2.45) is 0 Å². The third-order valence-corrected chi connectivity index (χ3v) is 5.32. The Morgan fingerprint density at radius 3 is 2.48 bits per heavy atom. The predicted octanol–water partition coefficient (Wildman–Crippen LogP) is 5.28. The highest BCUT2D eigenvalue weighted by atomic mass is 32.1. The monoisotopic (exact) mass is 409 g/mol. The summed E-state index contributed by atoms with van der Waals surface area (Å²) in [5.74, 6) is -3.52. The number of nitrogens with zero attached hydrogens (tertiary/aromatic N) is 1. The van der Waals surface area contributed by atoms with Crippen molar-refractivity contribution in [1.29, 1.82) is 0 Å². The maximum atomic E-state index is 13.3. The molecule has 1 heterocycles. The predicted molar refractivity (Wildman–Crippen MR) is 106 cm³/mol. The lowest BCUT2D eigenvalue weighted by Gasteiger charge is -2.08. The largest absolute Gasteiger partial charge is 0.454 e. The number of ketones is 1. The van der Waals surface area contributed by atoms with Gasteiger partial charge in [0.1, 0.15) is 5.01 Å². The van der Waals surface area contributed by atoms with Gasteiger partial charge in [-0.15, -0.1) is 11.3 Å². The lowest BCUT2D eigenvalue weighted by atomic mass is 10.1. The smallest absolute Gasteiger partial charge is 0.339 e. The number of benzene rings is 3. The molecule has 3 aromatic carbocycles. The second kappa shape index (κ2) is 7.89. The Kier molecular flexibility index (Phi) is 5.14. The zero-order valence-electron chi connectivity index (χ0n) is 14.9.